The predicted octanol–water partition coefficient (Wildman–Crippen LogP) is 2.16. The van der Waals surface area contributed by atoms with E-state index in [1.165, 1.54) is 11.5 Å². The van der Waals surface area contributed by atoms with Crippen molar-refractivity contribution in [3.8, 4) is 0 Å². The molecule has 8 heteroatoms. The molecule has 0 aliphatic rings. The highest BCUT2D eigenvalue weighted by Gasteiger charge is 2.22. The molecule has 8 nitrogen and oxygen atoms in total. The minimum Gasteiger partial charge on any atom is -0.384 e. The van der Waals surface area contributed by atoms with Crippen molar-refractivity contribution in [2.24, 2.45) is 0 Å². The summed E-state index contributed by atoms with van der Waals surface area (Å²) in [7, 11) is 0. The van der Waals surface area contributed by atoms with Gasteiger partial charge in [0.05, 0.1) is 13.1 Å². The molecule has 3 N–H and O–H groups in total. The average Bonchev–Trinajstić information content (AvgIpc) is 2.76. The van der Waals surface area contributed by atoms with Crippen molar-refractivity contribution in [3.63, 3.8) is 0 Å². The maximum Gasteiger partial charge on any atom is 0.332 e. The van der Waals surface area contributed by atoms with Crippen LogP contribution in [0.2, 0.25) is 0 Å². The van der Waals surface area contributed by atoms with Crippen LogP contribution in [0, 0.1) is 0 Å². The average molecular weight is 420 g/mol. The fourth-order valence-corrected chi connectivity index (χ4v) is 3.29. The van der Waals surface area contributed by atoms with Crippen molar-refractivity contribution < 1.29 is 9.59 Å². The lowest BCUT2D eigenvalue weighted by Gasteiger charge is -2.16. The van der Waals surface area contributed by atoms with Crippen LogP contribution < -0.4 is 22.3 Å². The summed E-state index contributed by atoms with van der Waals surface area (Å²) in [6.45, 7) is 3.15. The standard InChI is InChI=1S/C23H24N4O4/c1-3-26-22(30)20(19(29)13-25-18-11-7-10-17(12-18)15(2)28)21(24)27(23(26)31)14-16-8-5-4-6-9-16/h4-12,25H,3,13-14,24H2,1-2H3. The normalized spacial score (nSPS) is 10.6. The summed E-state index contributed by atoms with van der Waals surface area (Å²) < 4.78 is 2.24. The predicted molar refractivity (Wildman–Crippen MR) is 120 cm³/mol. The Morgan fingerprint density at radius 3 is 2.35 bits per heavy atom. The second-order valence-electron chi connectivity index (χ2n) is 7.08. The number of ketones is 2. The van der Waals surface area contributed by atoms with Crippen LogP contribution in [-0.2, 0) is 13.1 Å². The minimum atomic E-state index is -0.710. The van der Waals surface area contributed by atoms with Crippen LogP contribution in [0.15, 0.2) is 64.2 Å². The number of carbonyl (C=O) groups is 2. The number of Topliss-reactive ketones (excluding diaryl/α,β-unsaturated/α-hetero) is 2. The summed E-state index contributed by atoms with van der Waals surface area (Å²) >= 11 is 0. The molecule has 0 radical (unpaired) electrons. The largest absolute Gasteiger partial charge is 0.384 e. The number of hydrogen-bond donors (Lipinski definition) is 2. The molecular weight excluding hydrogens is 396 g/mol. The molecule has 0 amide bonds. The third-order valence-corrected chi connectivity index (χ3v) is 4.97. The maximum absolute atomic E-state index is 12.9. The van der Waals surface area contributed by atoms with Crippen molar-refractivity contribution in [1.29, 1.82) is 0 Å². The number of rotatable bonds is 8. The number of hydrogen-bond acceptors (Lipinski definition) is 6. The van der Waals surface area contributed by atoms with Crippen LogP contribution in [0.4, 0.5) is 11.5 Å². The number of carbonyl (C=O) groups excluding carboxylic acids is 2. The molecule has 0 aliphatic heterocycles. The molecule has 1 heterocycles. The highest BCUT2D eigenvalue weighted by atomic mass is 16.2. The van der Waals surface area contributed by atoms with Crippen LogP contribution in [0.5, 0.6) is 0 Å². The molecule has 3 rings (SSSR count). The van der Waals surface area contributed by atoms with Gasteiger partial charge in [0.15, 0.2) is 11.6 Å². The summed E-state index contributed by atoms with van der Waals surface area (Å²) in [6, 6.07) is 15.9. The fourth-order valence-electron chi connectivity index (χ4n) is 3.29. The number of aromatic nitrogens is 2. The van der Waals surface area contributed by atoms with Crippen LogP contribution >= 0.6 is 0 Å². The summed E-state index contributed by atoms with van der Waals surface area (Å²) in [5, 5.41) is 2.92. The Balaban J connectivity index is 1.96. The van der Waals surface area contributed by atoms with Crippen LogP contribution in [0.1, 0.15) is 40.1 Å². The third kappa shape index (κ3) is 4.63. The van der Waals surface area contributed by atoms with E-state index in [2.05, 4.69) is 5.32 Å². The molecular formula is C23H24N4O4. The smallest absolute Gasteiger partial charge is 0.332 e. The molecule has 0 aliphatic carbocycles. The highest BCUT2D eigenvalue weighted by Crippen LogP contribution is 2.13. The van der Waals surface area contributed by atoms with Crippen LogP contribution in [0.25, 0.3) is 0 Å². The number of anilines is 2. The van der Waals surface area contributed by atoms with E-state index in [-0.39, 0.29) is 36.8 Å². The lowest BCUT2D eigenvalue weighted by atomic mass is 10.1. The molecule has 3 aromatic rings. The highest BCUT2D eigenvalue weighted by molar-refractivity contribution is 6.02. The van der Waals surface area contributed by atoms with Gasteiger partial charge in [-0.1, -0.05) is 42.5 Å². The Bertz CT molecular complexity index is 1240. The quantitative estimate of drug-likeness (QED) is 0.540. The van der Waals surface area contributed by atoms with E-state index in [9.17, 15) is 19.2 Å². The minimum absolute atomic E-state index is 0.0990. The molecule has 0 fully saturated rings. The molecule has 0 saturated heterocycles. The lowest BCUT2D eigenvalue weighted by Crippen LogP contribution is -2.44. The van der Waals surface area contributed by atoms with E-state index in [4.69, 9.17) is 5.73 Å². The first-order valence-corrected chi connectivity index (χ1v) is 9.88. The monoisotopic (exact) mass is 420 g/mol. The third-order valence-electron chi connectivity index (χ3n) is 4.97. The van der Waals surface area contributed by atoms with Crippen molar-refractivity contribution in [3.05, 3.63) is 92.1 Å². The Kier molecular flexibility index (Phi) is 6.49. The van der Waals surface area contributed by atoms with Gasteiger partial charge in [0.25, 0.3) is 5.56 Å². The van der Waals surface area contributed by atoms with Gasteiger partial charge in [-0.05, 0) is 31.5 Å². The molecule has 0 bridgehead atoms. The van der Waals surface area contributed by atoms with E-state index >= 15 is 0 Å². The van der Waals surface area contributed by atoms with E-state index in [0.29, 0.717) is 11.3 Å². The number of nitrogens with one attached hydrogen (secondary N) is 1. The van der Waals surface area contributed by atoms with Crippen molar-refractivity contribution in [1.82, 2.24) is 9.13 Å². The molecule has 0 unspecified atom stereocenters. The Morgan fingerprint density at radius 2 is 1.71 bits per heavy atom. The van der Waals surface area contributed by atoms with Gasteiger partial charge in [-0.15, -0.1) is 0 Å². The second-order valence-corrected chi connectivity index (χ2v) is 7.08. The topological polar surface area (TPSA) is 116 Å². The number of benzene rings is 2. The van der Waals surface area contributed by atoms with E-state index in [1.54, 1.807) is 31.2 Å². The SMILES string of the molecule is CCn1c(=O)c(C(=O)CNc2cccc(C(C)=O)c2)c(N)n(Cc2ccccc2)c1=O. The Labute approximate surface area is 178 Å². The summed E-state index contributed by atoms with van der Waals surface area (Å²) in [5.41, 5.74) is 6.52. The summed E-state index contributed by atoms with van der Waals surface area (Å²) in [5.74, 6) is -0.800. The zero-order valence-electron chi connectivity index (χ0n) is 17.4. The van der Waals surface area contributed by atoms with E-state index in [1.807, 2.05) is 30.3 Å². The Morgan fingerprint density at radius 1 is 1.00 bits per heavy atom. The molecule has 0 spiro atoms. The van der Waals surface area contributed by atoms with Gasteiger partial charge in [0.2, 0.25) is 0 Å². The summed E-state index contributed by atoms with van der Waals surface area (Å²) in [6.07, 6.45) is 0. The molecule has 0 atom stereocenters. The van der Waals surface area contributed by atoms with Gasteiger partial charge in [-0.3, -0.25) is 23.5 Å². The number of nitrogens with zero attached hydrogens (tertiary/aromatic N) is 2. The molecule has 0 saturated carbocycles. The fraction of sp³-hybridized carbons (Fsp3) is 0.217. The van der Waals surface area contributed by atoms with E-state index in [0.717, 1.165) is 10.1 Å². The zero-order valence-corrected chi connectivity index (χ0v) is 17.4. The number of nitrogens with two attached hydrogens (primary N) is 1. The first-order chi connectivity index (χ1) is 14.8. The van der Waals surface area contributed by atoms with Gasteiger partial charge in [0, 0.05) is 17.8 Å². The molecule has 160 valence electrons. The van der Waals surface area contributed by atoms with Gasteiger partial charge in [-0.2, -0.15) is 0 Å². The van der Waals surface area contributed by atoms with Gasteiger partial charge in [0.1, 0.15) is 11.4 Å². The Hall–Kier alpha value is -3.94. The van der Waals surface area contributed by atoms with Crippen molar-refractivity contribution in [2.45, 2.75) is 26.9 Å². The number of nitrogen functional groups attached to an aromatic ring is 1. The van der Waals surface area contributed by atoms with Gasteiger partial charge >= 0.3 is 5.69 Å². The molecule has 31 heavy (non-hydrogen) atoms. The lowest BCUT2D eigenvalue weighted by molar-refractivity contribution is 0.1000. The molecule has 2 aromatic carbocycles. The zero-order chi connectivity index (χ0) is 22.5. The molecule has 1 aromatic heterocycles. The maximum atomic E-state index is 12.9. The summed E-state index contributed by atoms with van der Waals surface area (Å²) in [4.78, 5) is 50.1. The van der Waals surface area contributed by atoms with Crippen molar-refractivity contribution in [2.75, 3.05) is 17.6 Å². The van der Waals surface area contributed by atoms with Crippen molar-refractivity contribution >= 4 is 23.1 Å². The van der Waals surface area contributed by atoms with Crippen LogP contribution in [-0.4, -0.2) is 27.2 Å². The van der Waals surface area contributed by atoms with Crippen LogP contribution in [0.3, 0.4) is 0 Å². The first-order valence-electron chi connectivity index (χ1n) is 9.88. The second kappa shape index (κ2) is 9.25. The first kappa shape index (κ1) is 21.8. The van der Waals surface area contributed by atoms with Gasteiger partial charge in [-0.25, -0.2) is 4.79 Å². The van der Waals surface area contributed by atoms with E-state index < -0.39 is 17.0 Å². The van der Waals surface area contributed by atoms with Gasteiger partial charge < -0.3 is 11.1 Å².